The third kappa shape index (κ3) is 6.84. The fourth-order valence-electron chi connectivity index (χ4n) is 14.4. The van der Waals surface area contributed by atoms with Crippen LogP contribution in [0, 0.1) is 34.0 Å². The zero-order valence-electron chi connectivity index (χ0n) is 47.0. The maximum atomic E-state index is 14.8. The summed E-state index contributed by atoms with van der Waals surface area (Å²) in [6.07, 6.45) is 1.78. The molecule has 0 bridgehead atoms. The number of nitrogens with zero attached hydrogens (tertiary/aromatic N) is 6. The molecular weight excluding hydrogens is 1140 g/mol. The van der Waals surface area contributed by atoms with Gasteiger partial charge in [0.2, 0.25) is 9.84 Å². The highest BCUT2D eigenvalue weighted by Gasteiger charge is 2.41. The van der Waals surface area contributed by atoms with Gasteiger partial charge in [-0.05, 0) is 103 Å². The van der Waals surface area contributed by atoms with E-state index in [9.17, 15) is 24.2 Å². The van der Waals surface area contributed by atoms with Gasteiger partial charge in [0.1, 0.15) is 63.0 Å². The number of sulfone groups is 1. The van der Waals surface area contributed by atoms with E-state index in [0.29, 0.717) is 34.4 Å². The summed E-state index contributed by atoms with van der Waals surface area (Å²) in [5, 5.41) is 35.9. The molecule has 3 aromatic heterocycles. The van der Waals surface area contributed by atoms with Crippen LogP contribution in [0.4, 0.5) is 0 Å². The van der Waals surface area contributed by atoms with Crippen molar-refractivity contribution < 1.29 is 27.4 Å². The topological polar surface area (TPSA) is 157 Å². The number of aromatic nitrogens is 3. The van der Waals surface area contributed by atoms with E-state index in [4.69, 9.17) is 18.9 Å². The summed E-state index contributed by atoms with van der Waals surface area (Å²) < 4.78 is 64.4. The summed E-state index contributed by atoms with van der Waals surface area (Å²) in [5.41, 5.74) is 10.0. The third-order valence-electron chi connectivity index (χ3n) is 17.9. The van der Waals surface area contributed by atoms with Crippen molar-refractivity contribution in [2.24, 2.45) is 0 Å². The first-order valence-electron chi connectivity index (χ1n) is 28.8. The fourth-order valence-corrected chi connectivity index (χ4v) is 18.5. The molecule has 0 radical (unpaired) electrons. The maximum absolute atomic E-state index is 14.8. The first kappa shape index (κ1) is 50.6. The Balaban J connectivity index is 0.983. The van der Waals surface area contributed by atoms with E-state index in [1.807, 2.05) is 72.8 Å². The highest BCUT2D eigenvalue weighted by Crippen LogP contribution is 2.69. The van der Waals surface area contributed by atoms with Crippen molar-refractivity contribution in [2.45, 2.75) is 31.4 Å². The molecule has 0 saturated heterocycles. The SMILES string of the molecule is C=CC1=C(C)B2c3ccccc3Oc3cc(-n4c5ccccc5c5c6c(c7ccccc7n6-c6ccc(S(=O)(=O)c7c(C#N)cc(C#N)cc7C#N)cc6)c6c(c7ccccc7n6-c6cc7c8c(c6)Oc6ccccc6[SH]8c6ccccc6O7)c54)cc(c32)O1. The van der Waals surface area contributed by atoms with Gasteiger partial charge in [-0.2, -0.15) is 26.7 Å². The molecule has 0 unspecified atom stereocenters. The average Bonchev–Trinajstić information content (AvgIpc) is 1.52. The van der Waals surface area contributed by atoms with Crippen molar-refractivity contribution in [3.63, 3.8) is 0 Å². The fraction of sp³-hybridized carbons (Fsp3) is 0.0135. The molecule has 11 aromatic carbocycles. The summed E-state index contributed by atoms with van der Waals surface area (Å²) in [5.74, 6) is 5.80. The van der Waals surface area contributed by atoms with Gasteiger partial charge in [0, 0.05) is 77.5 Å². The number of allylic oxidation sites excluding steroid dienone is 2. The van der Waals surface area contributed by atoms with Crippen molar-refractivity contribution in [2.75, 3.05) is 0 Å². The molecule has 4 aliphatic heterocycles. The predicted molar refractivity (Wildman–Crippen MR) is 347 cm³/mol. The monoisotopic (exact) mass is 1180 g/mol. The second-order valence-corrected chi connectivity index (χ2v) is 26.5. The van der Waals surface area contributed by atoms with Crippen molar-refractivity contribution in [1.82, 2.24) is 13.7 Å². The normalized spacial score (nSPS) is 13.8. The van der Waals surface area contributed by atoms with Crippen LogP contribution in [-0.2, 0) is 9.84 Å². The predicted octanol–water partition coefficient (Wildman–Crippen LogP) is 16.2. The van der Waals surface area contributed by atoms with Crippen LogP contribution in [0.25, 0.3) is 82.5 Å². The number of thiol groups is 1. The molecule has 14 aromatic rings. The van der Waals surface area contributed by atoms with Crippen LogP contribution < -0.4 is 29.9 Å². The molecule has 4 aliphatic rings. The Bertz CT molecular complexity index is 5830. The second kappa shape index (κ2) is 18.4. The third-order valence-corrected chi connectivity index (χ3v) is 22.4. The van der Waals surface area contributed by atoms with Gasteiger partial charge in [-0.1, -0.05) is 109 Å². The molecule has 418 valence electrons. The first-order valence-corrected chi connectivity index (χ1v) is 31.6. The Morgan fingerprint density at radius 2 is 0.921 bits per heavy atom. The summed E-state index contributed by atoms with van der Waals surface area (Å²) in [6.45, 7) is 6.16. The largest absolute Gasteiger partial charge is 0.459 e. The molecule has 89 heavy (non-hydrogen) atoms. The molecule has 12 nitrogen and oxygen atoms in total. The van der Waals surface area contributed by atoms with Gasteiger partial charge in [-0.15, -0.1) is 0 Å². The van der Waals surface area contributed by atoms with E-state index in [0.717, 1.165) is 125 Å². The van der Waals surface area contributed by atoms with Crippen LogP contribution in [0.5, 0.6) is 40.2 Å². The van der Waals surface area contributed by atoms with Crippen LogP contribution in [0.1, 0.15) is 23.6 Å². The smallest absolute Gasteiger partial charge is 0.255 e. The van der Waals surface area contributed by atoms with Gasteiger partial charge in [0.05, 0.1) is 77.0 Å². The highest BCUT2D eigenvalue weighted by molar-refractivity contribution is 8.17. The Morgan fingerprint density at radius 3 is 1.43 bits per heavy atom. The quantitative estimate of drug-likeness (QED) is 0.126. The number of nitriles is 3. The van der Waals surface area contributed by atoms with Crippen LogP contribution in [-0.4, -0.2) is 28.8 Å². The van der Waals surface area contributed by atoms with Crippen molar-refractivity contribution in [3.8, 4) is 75.5 Å². The second-order valence-electron chi connectivity index (χ2n) is 22.5. The summed E-state index contributed by atoms with van der Waals surface area (Å²) in [4.78, 5) is 2.68. The summed E-state index contributed by atoms with van der Waals surface area (Å²) in [6, 6.07) is 73.3. The van der Waals surface area contributed by atoms with Crippen LogP contribution in [0.2, 0.25) is 0 Å². The Kier molecular flexibility index (Phi) is 10.5. The number of hydrogen-bond donors (Lipinski definition) is 1. The molecule has 0 atom stereocenters. The van der Waals surface area contributed by atoms with E-state index in [-0.39, 0.29) is 28.3 Å². The molecule has 15 heteroatoms. The van der Waals surface area contributed by atoms with Gasteiger partial charge in [0.25, 0.3) is 6.71 Å². The molecule has 18 rings (SSSR count). The first-order chi connectivity index (χ1) is 43.6. The molecule has 0 saturated carbocycles. The van der Waals surface area contributed by atoms with Gasteiger partial charge >= 0.3 is 0 Å². The average molecular weight is 1190 g/mol. The number of para-hydroxylation sites is 6. The van der Waals surface area contributed by atoms with Crippen LogP contribution in [0.15, 0.2) is 255 Å². The van der Waals surface area contributed by atoms with Crippen molar-refractivity contribution in [1.29, 1.82) is 15.8 Å². The van der Waals surface area contributed by atoms with Gasteiger partial charge in [-0.25, -0.2) is 8.42 Å². The number of rotatable bonds is 6. The minimum Gasteiger partial charge on any atom is -0.459 e. The van der Waals surface area contributed by atoms with E-state index in [2.05, 4.69) is 142 Å². The van der Waals surface area contributed by atoms with Crippen LogP contribution >= 0.6 is 10.9 Å². The lowest BCUT2D eigenvalue weighted by atomic mass is 9.34. The minimum atomic E-state index is -4.49. The van der Waals surface area contributed by atoms with E-state index >= 15 is 0 Å². The van der Waals surface area contributed by atoms with Gasteiger partial charge < -0.3 is 32.6 Å². The highest BCUT2D eigenvalue weighted by atomic mass is 32.2. The molecule has 7 heterocycles. The Hall–Kier alpha value is -11.7. The standard InChI is InChI=1S/C74H41BN6O6S2/c1-3-56-41(2)75-52-19-7-11-23-57(52)85-61-35-46(34-60(84-56)69(61)75)80-54-21-9-5-17-50(54)67-70-66(49-16-4-8-20-53(49)79(70)45-28-30-48(31-29-45)89(82,83)74-43(39-77)32-42(38-76)33-44(74)40-78)72-68(71(67)80)51-18-6-10-22-55(51)81(72)47-36-62-73-63(37-47)87-59-25-13-15-27-65(59)88(73)64-26-14-12-24-58(64)86-62/h3-37,88H,1H2,2H3. The Labute approximate surface area is 511 Å². The lowest BCUT2D eigenvalue weighted by Crippen LogP contribution is -2.50. The molecular formula is C74H41BN6O6S2. The molecule has 0 fully saturated rings. The maximum Gasteiger partial charge on any atom is 0.255 e. The van der Waals surface area contributed by atoms with E-state index in [1.54, 1.807) is 18.2 Å². The molecule has 0 spiro atoms. The lowest BCUT2D eigenvalue weighted by Gasteiger charge is -2.37. The lowest BCUT2D eigenvalue weighted by molar-refractivity contribution is 0.416. The summed E-state index contributed by atoms with van der Waals surface area (Å²) in [7, 11) is -5.55. The molecule has 0 amide bonds. The zero-order chi connectivity index (χ0) is 59.7. The zero-order valence-corrected chi connectivity index (χ0v) is 48.7. The number of ether oxygens (including phenoxy) is 4. The number of fused-ring (bicyclic) bond motifs is 18. The van der Waals surface area contributed by atoms with Crippen LogP contribution in [0.3, 0.4) is 0 Å². The summed E-state index contributed by atoms with van der Waals surface area (Å²) >= 11 is 0. The number of hydrogen-bond acceptors (Lipinski definition) is 9. The Morgan fingerprint density at radius 1 is 0.483 bits per heavy atom. The minimum absolute atomic E-state index is 0.00447. The molecule has 0 N–H and O–H groups in total. The van der Waals surface area contributed by atoms with E-state index < -0.39 is 25.6 Å². The van der Waals surface area contributed by atoms with Gasteiger partial charge in [-0.3, -0.25) is 0 Å². The van der Waals surface area contributed by atoms with Crippen molar-refractivity contribution >= 4 is 104 Å². The molecule has 0 aliphatic carbocycles. The number of benzene rings is 11. The van der Waals surface area contributed by atoms with Crippen molar-refractivity contribution in [3.05, 3.63) is 247 Å². The van der Waals surface area contributed by atoms with E-state index in [1.165, 1.54) is 24.3 Å². The van der Waals surface area contributed by atoms with Gasteiger partial charge in [0.15, 0.2) is 0 Å².